The van der Waals surface area contributed by atoms with Crippen molar-refractivity contribution >= 4 is 29.3 Å². The Labute approximate surface area is 112 Å². The number of carbonyl (C=O) groups is 1. The topological polar surface area (TPSA) is 26.3 Å². The lowest BCUT2D eigenvalue weighted by atomic mass is 9.89. The van der Waals surface area contributed by atoms with Gasteiger partial charge in [0.2, 0.25) is 0 Å². The molecule has 1 aliphatic heterocycles. The summed E-state index contributed by atoms with van der Waals surface area (Å²) in [5, 5.41) is -1.80. The molecule has 102 valence electrons. The fourth-order valence-electron chi connectivity index (χ4n) is 3.48. The molecule has 0 aromatic rings. The van der Waals surface area contributed by atoms with E-state index in [9.17, 15) is 18.0 Å². The fraction of sp³-hybridized carbons (Fsp3) is 0.909. The predicted octanol–water partition coefficient (Wildman–Crippen LogP) is 2.84. The molecular weight excluding hydrogens is 289 g/mol. The first-order valence-electron chi connectivity index (χ1n) is 5.90. The van der Waals surface area contributed by atoms with E-state index in [1.165, 1.54) is 0 Å². The van der Waals surface area contributed by atoms with E-state index < -0.39 is 17.3 Å². The summed E-state index contributed by atoms with van der Waals surface area (Å²) in [6.45, 7) is 0. The number of ether oxygens (including phenoxy) is 1. The first kappa shape index (κ1) is 12.9. The highest BCUT2D eigenvalue weighted by atomic mass is 35.5. The molecule has 2 saturated carbocycles. The molecule has 6 atom stereocenters. The van der Waals surface area contributed by atoms with Gasteiger partial charge in [-0.25, -0.2) is 0 Å². The van der Waals surface area contributed by atoms with Gasteiger partial charge in [-0.1, -0.05) is 0 Å². The summed E-state index contributed by atoms with van der Waals surface area (Å²) < 4.78 is 43.4. The zero-order chi connectivity index (χ0) is 13.1. The van der Waals surface area contributed by atoms with Crippen LogP contribution in [0.5, 0.6) is 0 Å². The van der Waals surface area contributed by atoms with E-state index in [4.69, 9.17) is 16.3 Å². The molecule has 18 heavy (non-hydrogen) atoms. The quantitative estimate of drug-likeness (QED) is 0.592. The largest absolute Gasteiger partial charge is 0.461 e. The molecule has 1 heterocycles. The molecule has 0 radical (unpaired) electrons. The molecule has 0 aromatic carbocycles. The smallest absolute Gasteiger partial charge is 0.401 e. The Morgan fingerprint density at radius 2 is 2.17 bits per heavy atom. The zero-order valence-corrected chi connectivity index (χ0v) is 10.9. The number of hydrogen-bond donors (Lipinski definition) is 0. The van der Waals surface area contributed by atoms with Gasteiger partial charge in [0.05, 0.1) is 5.92 Å². The molecular formula is C11H12ClF3O2S. The number of rotatable bonds is 3. The van der Waals surface area contributed by atoms with Gasteiger partial charge in [0.1, 0.15) is 11.4 Å². The molecule has 3 aliphatic rings. The Hall–Kier alpha value is -0.100. The molecule has 1 saturated heterocycles. The van der Waals surface area contributed by atoms with Crippen molar-refractivity contribution in [1.29, 1.82) is 0 Å². The van der Waals surface area contributed by atoms with Gasteiger partial charge in [-0.15, -0.1) is 23.4 Å². The number of halogens is 4. The minimum atomic E-state index is -4.30. The first-order chi connectivity index (χ1) is 8.41. The summed E-state index contributed by atoms with van der Waals surface area (Å²) in [6.07, 6.45) is -3.11. The standard InChI is InChI=1S/C11H12ClF3O2S/c12-3-7(11(13,14)15)18-9-4-1-5-6(2-4)10(16)17-8(5)9/h4-9H,1-3H2/t4-,5-,6-,7-,8+,9-/m0/s1. The highest BCUT2D eigenvalue weighted by molar-refractivity contribution is 8.00. The second-order valence-electron chi connectivity index (χ2n) is 5.19. The molecule has 2 nitrogen and oxygen atoms in total. The van der Waals surface area contributed by atoms with Gasteiger partial charge in [-0.05, 0) is 18.8 Å². The van der Waals surface area contributed by atoms with Crippen LogP contribution >= 0.6 is 23.4 Å². The van der Waals surface area contributed by atoms with Crippen molar-refractivity contribution in [2.75, 3.05) is 5.88 Å². The first-order valence-corrected chi connectivity index (χ1v) is 7.38. The van der Waals surface area contributed by atoms with E-state index in [0.29, 0.717) is 6.42 Å². The van der Waals surface area contributed by atoms with Crippen molar-refractivity contribution < 1.29 is 22.7 Å². The maximum atomic E-state index is 12.7. The molecule has 2 aliphatic carbocycles. The van der Waals surface area contributed by atoms with Crippen LogP contribution in [0.2, 0.25) is 0 Å². The summed E-state index contributed by atoms with van der Waals surface area (Å²) in [4.78, 5) is 11.5. The van der Waals surface area contributed by atoms with Crippen molar-refractivity contribution in [1.82, 2.24) is 0 Å². The number of alkyl halides is 4. The normalized spacial score (nSPS) is 43.3. The predicted molar refractivity (Wildman–Crippen MR) is 61.5 cm³/mol. The Morgan fingerprint density at radius 3 is 2.78 bits per heavy atom. The van der Waals surface area contributed by atoms with E-state index in [-0.39, 0.29) is 35.1 Å². The number of fused-ring (bicyclic) bond motifs is 1. The second kappa shape index (κ2) is 4.20. The third-order valence-electron chi connectivity index (χ3n) is 4.24. The van der Waals surface area contributed by atoms with Crippen LogP contribution in [-0.2, 0) is 9.53 Å². The Balaban J connectivity index is 1.73. The van der Waals surface area contributed by atoms with Crippen LogP contribution in [0.3, 0.4) is 0 Å². The minimum Gasteiger partial charge on any atom is -0.461 e. The van der Waals surface area contributed by atoms with Crippen LogP contribution in [0, 0.1) is 17.8 Å². The average Bonchev–Trinajstić information content (AvgIpc) is 2.86. The Bertz CT molecular complexity index is 376. The van der Waals surface area contributed by atoms with E-state index >= 15 is 0 Å². The second-order valence-corrected chi connectivity index (χ2v) is 6.88. The Kier molecular flexibility index (Phi) is 3.01. The molecule has 0 spiro atoms. The zero-order valence-electron chi connectivity index (χ0n) is 9.32. The molecule has 3 fully saturated rings. The molecule has 7 heteroatoms. The van der Waals surface area contributed by atoms with Gasteiger partial charge in [0.15, 0.2) is 0 Å². The van der Waals surface area contributed by atoms with Gasteiger partial charge < -0.3 is 4.74 Å². The van der Waals surface area contributed by atoms with Crippen LogP contribution in [-0.4, -0.2) is 34.6 Å². The van der Waals surface area contributed by atoms with Crippen LogP contribution in [0.15, 0.2) is 0 Å². The van der Waals surface area contributed by atoms with E-state index in [0.717, 1.165) is 18.2 Å². The third-order valence-corrected chi connectivity index (χ3v) is 6.46. The summed E-state index contributed by atoms with van der Waals surface area (Å²) in [7, 11) is 0. The monoisotopic (exact) mass is 300 g/mol. The summed E-state index contributed by atoms with van der Waals surface area (Å²) in [6, 6.07) is 0. The van der Waals surface area contributed by atoms with Crippen molar-refractivity contribution in [3.05, 3.63) is 0 Å². The van der Waals surface area contributed by atoms with Crippen LogP contribution in [0.1, 0.15) is 12.8 Å². The fourth-order valence-corrected chi connectivity index (χ4v) is 5.34. The van der Waals surface area contributed by atoms with Gasteiger partial charge in [-0.2, -0.15) is 13.2 Å². The van der Waals surface area contributed by atoms with E-state index in [1.54, 1.807) is 0 Å². The lowest BCUT2D eigenvalue weighted by molar-refractivity contribution is -0.143. The van der Waals surface area contributed by atoms with Crippen LogP contribution < -0.4 is 0 Å². The van der Waals surface area contributed by atoms with E-state index in [2.05, 4.69) is 0 Å². The van der Waals surface area contributed by atoms with Crippen LogP contribution in [0.25, 0.3) is 0 Å². The SMILES string of the molecule is O=C1O[C@@H]2[C@H]3C[C@@H](C[C@H]13)[C@@H]2S[C@@H](CCl)C(F)(F)F. The third kappa shape index (κ3) is 1.83. The van der Waals surface area contributed by atoms with Crippen molar-refractivity contribution in [2.24, 2.45) is 17.8 Å². The maximum absolute atomic E-state index is 12.7. The van der Waals surface area contributed by atoms with E-state index in [1.807, 2.05) is 0 Å². The minimum absolute atomic E-state index is 0.0582. The van der Waals surface area contributed by atoms with Gasteiger partial charge >= 0.3 is 12.1 Å². The molecule has 0 aromatic heterocycles. The molecule has 0 N–H and O–H groups in total. The highest BCUT2D eigenvalue weighted by Crippen LogP contribution is 2.59. The summed E-state index contributed by atoms with van der Waals surface area (Å²) in [5.74, 6) is -0.410. The number of esters is 1. The molecule has 2 bridgehead atoms. The van der Waals surface area contributed by atoms with Gasteiger partial charge in [0.25, 0.3) is 0 Å². The van der Waals surface area contributed by atoms with Gasteiger partial charge in [0, 0.05) is 17.0 Å². The Morgan fingerprint density at radius 1 is 1.44 bits per heavy atom. The summed E-state index contributed by atoms with van der Waals surface area (Å²) >= 11 is 6.26. The number of thioether (sulfide) groups is 1. The number of hydrogen-bond acceptors (Lipinski definition) is 3. The van der Waals surface area contributed by atoms with Crippen molar-refractivity contribution in [3.63, 3.8) is 0 Å². The number of carbonyl (C=O) groups excluding carboxylic acids is 1. The average molecular weight is 301 g/mol. The lowest BCUT2D eigenvalue weighted by Gasteiger charge is -2.28. The lowest BCUT2D eigenvalue weighted by Crippen LogP contribution is -2.36. The van der Waals surface area contributed by atoms with Crippen molar-refractivity contribution in [2.45, 2.75) is 35.6 Å². The van der Waals surface area contributed by atoms with Gasteiger partial charge in [-0.3, -0.25) is 4.79 Å². The molecule has 0 amide bonds. The highest BCUT2D eigenvalue weighted by Gasteiger charge is 2.62. The van der Waals surface area contributed by atoms with Crippen molar-refractivity contribution in [3.8, 4) is 0 Å². The van der Waals surface area contributed by atoms with Crippen LogP contribution in [0.4, 0.5) is 13.2 Å². The molecule has 0 unspecified atom stereocenters. The molecule has 3 rings (SSSR count). The maximum Gasteiger partial charge on any atom is 0.401 e. The summed E-state index contributed by atoms with van der Waals surface area (Å²) in [5.41, 5.74) is 0.